The molecule has 0 saturated carbocycles. The van der Waals surface area contributed by atoms with E-state index in [0.29, 0.717) is 6.10 Å². The second-order valence-electron chi connectivity index (χ2n) is 4.03. The van der Waals surface area contributed by atoms with E-state index in [1.165, 1.54) is 38.9 Å². The van der Waals surface area contributed by atoms with Gasteiger partial charge >= 0.3 is 0 Å². The van der Waals surface area contributed by atoms with E-state index in [1.807, 2.05) is 0 Å². The molecule has 0 aromatic heterocycles. The number of rotatable bonds is 3. The maximum Gasteiger partial charge on any atom is 0.0712 e. The number of nitrogens with zero attached hydrogens (tertiary/aromatic N) is 1. The molecule has 2 fully saturated rings. The van der Waals surface area contributed by atoms with Crippen molar-refractivity contribution in [3.05, 3.63) is 0 Å². The highest BCUT2D eigenvalue weighted by Crippen LogP contribution is 2.10. The summed E-state index contributed by atoms with van der Waals surface area (Å²) in [6, 6.07) is 0. The predicted octanol–water partition coefficient (Wildman–Crippen LogP) is 0.461. The first-order chi connectivity index (χ1) is 6.45. The zero-order valence-electron chi connectivity index (χ0n) is 8.30. The summed E-state index contributed by atoms with van der Waals surface area (Å²) in [5.41, 5.74) is 0. The Kier molecular flexibility index (Phi) is 3.58. The lowest BCUT2D eigenvalue weighted by Crippen LogP contribution is -2.40. The van der Waals surface area contributed by atoms with Crippen LogP contribution in [0, 0.1) is 0 Å². The molecule has 2 aliphatic rings. The maximum absolute atomic E-state index is 5.65. The Hall–Kier alpha value is -0.120. The van der Waals surface area contributed by atoms with Gasteiger partial charge in [-0.05, 0) is 32.4 Å². The van der Waals surface area contributed by atoms with Gasteiger partial charge in [0.25, 0.3) is 0 Å². The minimum Gasteiger partial charge on any atom is -0.376 e. The van der Waals surface area contributed by atoms with Gasteiger partial charge in [0.05, 0.1) is 12.7 Å². The van der Waals surface area contributed by atoms with Crippen LogP contribution in [0.3, 0.4) is 0 Å². The fraction of sp³-hybridized carbons (Fsp3) is 1.00. The highest BCUT2D eigenvalue weighted by molar-refractivity contribution is 4.72. The van der Waals surface area contributed by atoms with Crippen LogP contribution >= 0.6 is 0 Å². The van der Waals surface area contributed by atoms with E-state index in [4.69, 9.17) is 4.74 Å². The SMILES string of the molecule is C1CCN(CCC2CNCCO2)C1. The molecule has 1 atom stereocenters. The van der Waals surface area contributed by atoms with Crippen LogP contribution in [-0.4, -0.2) is 50.3 Å². The molecule has 2 aliphatic heterocycles. The summed E-state index contributed by atoms with van der Waals surface area (Å²) in [5, 5.41) is 3.37. The molecule has 0 aliphatic carbocycles. The van der Waals surface area contributed by atoms with E-state index in [2.05, 4.69) is 10.2 Å². The largest absolute Gasteiger partial charge is 0.376 e. The van der Waals surface area contributed by atoms with Gasteiger partial charge < -0.3 is 15.0 Å². The Bertz CT molecular complexity index is 140. The minimum absolute atomic E-state index is 0.467. The molecule has 1 unspecified atom stereocenters. The quantitative estimate of drug-likeness (QED) is 0.689. The van der Waals surface area contributed by atoms with E-state index in [0.717, 1.165) is 19.7 Å². The molecule has 0 aromatic carbocycles. The van der Waals surface area contributed by atoms with Gasteiger partial charge in [0.15, 0.2) is 0 Å². The molecule has 3 nitrogen and oxygen atoms in total. The van der Waals surface area contributed by atoms with Gasteiger partial charge in [-0.15, -0.1) is 0 Å². The number of nitrogens with one attached hydrogen (secondary N) is 1. The summed E-state index contributed by atoms with van der Waals surface area (Å²) in [7, 11) is 0. The zero-order chi connectivity index (χ0) is 8.93. The summed E-state index contributed by atoms with van der Waals surface area (Å²) in [6.07, 6.45) is 4.45. The van der Waals surface area contributed by atoms with Crippen molar-refractivity contribution in [2.75, 3.05) is 39.3 Å². The van der Waals surface area contributed by atoms with Crippen molar-refractivity contribution < 1.29 is 4.74 Å². The summed E-state index contributed by atoms with van der Waals surface area (Å²) >= 11 is 0. The molecule has 76 valence electrons. The second-order valence-corrected chi connectivity index (χ2v) is 4.03. The van der Waals surface area contributed by atoms with Gasteiger partial charge in [0.2, 0.25) is 0 Å². The van der Waals surface area contributed by atoms with E-state index < -0.39 is 0 Å². The van der Waals surface area contributed by atoms with Crippen LogP contribution in [0.25, 0.3) is 0 Å². The van der Waals surface area contributed by atoms with Crippen molar-refractivity contribution in [2.45, 2.75) is 25.4 Å². The number of hydrogen-bond acceptors (Lipinski definition) is 3. The first kappa shape index (κ1) is 9.44. The molecule has 13 heavy (non-hydrogen) atoms. The lowest BCUT2D eigenvalue weighted by atomic mass is 10.2. The zero-order valence-corrected chi connectivity index (χ0v) is 8.30. The fourth-order valence-corrected chi connectivity index (χ4v) is 2.14. The molecule has 3 heteroatoms. The van der Waals surface area contributed by atoms with Crippen molar-refractivity contribution in [3.8, 4) is 0 Å². The molecule has 0 spiro atoms. The molecule has 1 N–H and O–H groups in total. The van der Waals surface area contributed by atoms with Crippen molar-refractivity contribution in [2.24, 2.45) is 0 Å². The summed E-state index contributed by atoms with van der Waals surface area (Å²) in [4.78, 5) is 2.55. The first-order valence-corrected chi connectivity index (χ1v) is 5.50. The molecule has 0 bridgehead atoms. The first-order valence-electron chi connectivity index (χ1n) is 5.50. The van der Waals surface area contributed by atoms with E-state index in [9.17, 15) is 0 Å². The van der Waals surface area contributed by atoms with Crippen LogP contribution in [0.15, 0.2) is 0 Å². The van der Waals surface area contributed by atoms with Gasteiger partial charge in [0.1, 0.15) is 0 Å². The van der Waals surface area contributed by atoms with Crippen LogP contribution in [0.1, 0.15) is 19.3 Å². The average molecular weight is 184 g/mol. The fourth-order valence-electron chi connectivity index (χ4n) is 2.14. The summed E-state index contributed by atoms with van der Waals surface area (Å²) in [6.45, 7) is 6.81. The minimum atomic E-state index is 0.467. The van der Waals surface area contributed by atoms with Crippen LogP contribution in [0.4, 0.5) is 0 Å². The Morgan fingerprint density at radius 3 is 2.85 bits per heavy atom. The lowest BCUT2D eigenvalue weighted by Gasteiger charge is -2.25. The standard InChI is InChI=1S/C10H20N2O/c1-2-6-12(5-1)7-3-10-9-11-4-8-13-10/h10-11H,1-9H2. The highest BCUT2D eigenvalue weighted by Gasteiger charge is 2.16. The van der Waals surface area contributed by atoms with Crippen LogP contribution < -0.4 is 5.32 Å². The number of ether oxygens (including phenoxy) is 1. The van der Waals surface area contributed by atoms with Crippen LogP contribution in [0.5, 0.6) is 0 Å². The molecule has 2 heterocycles. The van der Waals surface area contributed by atoms with Gasteiger partial charge in [-0.1, -0.05) is 0 Å². The van der Waals surface area contributed by atoms with Crippen LogP contribution in [0.2, 0.25) is 0 Å². The third-order valence-electron chi connectivity index (χ3n) is 2.97. The summed E-state index contributed by atoms with van der Waals surface area (Å²) < 4.78 is 5.65. The van der Waals surface area contributed by atoms with E-state index in [1.54, 1.807) is 0 Å². The average Bonchev–Trinajstić information content (AvgIpc) is 2.69. The van der Waals surface area contributed by atoms with Gasteiger partial charge in [-0.2, -0.15) is 0 Å². The Labute approximate surface area is 80.4 Å². The van der Waals surface area contributed by atoms with E-state index >= 15 is 0 Å². The molecule has 2 rings (SSSR count). The predicted molar refractivity (Wildman–Crippen MR) is 52.9 cm³/mol. The van der Waals surface area contributed by atoms with Gasteiger partial charge in [-0.25, -0.2) is 0 Å². The molecular weight excluding hydrogens is 164 g/mol. The Balaban J connectivity index is 1.60. The van der Waals surface area contributed by atoms with Gasteiger partial charge in [-0.3, -0.25) is 0 Å². The molecule has 0 amide bonds. The Morgan fingerprint density at radius 2 is 2.15 bits per heavy atom. The van der Waals surface area contributed by atoms with Crippen molar-refractivity contribution >= 4 is 0 Å². The molecule has 0 radical (unpaired) electrons. The summed E-state index contributed by atoms with van der Waals surface area (Å²) in [5.74, 6) is 0. The molecule has 2 saturated heterocycles. The van der Waals surface area contributed by atoms with Crippen molar-refractivity contribution in [1.82, 2.24) is 10.2 Å². The number of likely N-dealkylation sites (tertiary alicyclic amines) is 1. The second kappa shape index (κ2) is 4.94. The molecular formula is C10H20N2O. The van der Waals surface area contributed by atoms with E-state index in [-0.39, 0.29) is 0 Å². The van der Waals surface area contributed by atoms with Gasteiger partial charge in [0, 0.05) is 19.6 Å². The normalized spacial score (nSPS) is 30.9. The highest BCUT2D eigenvalue weighted by atomic mass is 16.5. The van der Waals surface area contributed by atoms with Crippen molar-refractivity contribution in [3.63, 3.8) is 0 Å². The third-order valence-corrected chi connectivity index (χ3v) is 2.97. The smallest absolute Gasteiger partial charge is 0.0712 e. The third kappa shape index (κ3) is 2.93. The van der Waals surface area contributed by atoms with Crippen LogP contribution in [-0.2, 0) is 4.74 Å². The number of hydrogen-bond donors (Lipinski definition) is 1. The molecule has 0 aromatic rings. The topological polar surface area (TPSA) is 24.5 Å². The van der Waals surface area contributed by atoms with Crippen molar-refractivity contribution in [1.29, 1.82) is 0 Å². The monoisotopic (exact) mass is 184 g/mol. The number of morpholine rings is 1. The maximum atomic E-state index is 5.65. The lowest BCUT2D eigenvalue weighted by molar-refractivity contribution is 0.0186. The Morgan fingerprint density at radius 1 is 1.31 bits per heavy atom.